The molecule has 19 heavy (non-hydrogen) atoms. The fourth-order valence-corrected chi connectivity index (χ4v) is 2.01. The topological polar surface area (TPSA) is 26.5 Å². The van der Waals surface area contributed by atoms with E-state index in [-0.39, 0.29) is 24.0 Å². The Morgan fingerprint density at radius 2 is 2.00 bits per heavy atom. The predicted octanol–water partition coefficient (Wildman–Crippen LogP) is 3.94. The molecule has 0 radical (unpaired) electrons. The summed E-state index contributed by atoms with van der Waals surface area (Å²) in [5, 5.41) is 0. The first-order valence-electron chi connectivity index (χ1n) is 5.86. The van der Waals surface area contributed by atoms with E-state index >= 15 is 0 Å². The summed E-state index contributed by atoms with van der Waals surface area (Å²) in [5.41, 5.74) is 4.20. The summed E-state index contributed by atoms with van der Waals surface area (Å²) in [7, 11) is 1.67. The summed E-state index contributed by atoms with van der Waals surface area (Å²) in [6.45, 7) is 2.07. The van der Waals surface area contributed by atoms with Crippen LogP contribution in [0.3, 0.4) is 0 Å². The van der Waals surface area contributed by atoms with E-state index in [1.807, 2.05) is 41.1 Å². The Balaban J connectivity index is 0.00000133. The van der Waals surface area contributed by atoms with Crippen molar-refractivity contribution in [3.05, 3.63) is 54.4 Å². The maximum absolute atomic E-state index is 5.23. The molecule has 0 fully saturated rings. The van der Waals surface area contributed by atoms with Crippen LogP contribution in [-0.2, 0) is 0 Å². The molecule has 0 atom stereocenters. The molecule has 0 aliphatic heterocycles. The zero-order valence-electron chi connectivity index (χ0n) is 10.8. The van der Waals surface area contributed by atoms with E-state index in [0.29, 0.717) is 0 Å². The second-order valence-electron chi connectivity index (χ2n) is 4.33. The maximum atomic E-state index is 5.23. The minimum absolute atomic E-state index is 0. The van der Waals surface area contributed by atoms with Crippen molar-refractivity contribution in [3.63, 3.8) is 0 Å². The van der Waals surface area contributed by atoms with Crippen molar-refractivity contribution in [1.82, 2.24) is 9.38 Å². The van der Waals surface area contributed by atoms with E-state index in [2.05, 4.69) is 24.0 Å². The van der Waals surface area contributed by atoms with Gasteiger partial charge in [-0.15, -0.1) is 24.0 Å². The van der Waals surface area contributed by atoms with Gasteiger partial charge >= 0.3 is 0 Å². The quantitative estimate of drug-likeness (QED) is 0.643. The highest BCUT2D eigenvalue weighted by Crippen LogP contribution is 2.23. The van der Waals surface area contributed by atoms with Crippen LogP contribution in [0, 0.1) is 6.92 Å². The first-order valence-corrected chi connectivity index (χ1v) is 5.86. The van der Waals surface area contributed by atoms with E-state index in [1.165, 1.54) is 5.56 Å². The van der Waals surface area contributed by atoms with Crippen LogP contribution < -0.4 is 4.74 Å². The molecule has 0 N–H and O–H groups in total. The lowest BCUT2D eigenvalue weighted by Gasteiger charge is -2.00. The molecule has 3 rings (SSSR count). The number of ether oxygens (including phenoxy) is 1. The summed E-state index contributed by atoms with van der Waals surface area (Å²) in [4.78, 5) is 4.63. The molecular formula is C15H15IN2O. The van der Waals surface area contributed by atoms with Crippen LogP contribution in [0.4, 0.5) is 0 Å². The number of nitrogens with zero attached hydrogens (tertiary/aromatic N) is 2. The fraction of sp³-hybridized carbons (Fsp3) is 0.133. The number of aryl methyl sites for hydroxylation is 1. The molecule has 1 aromatic carbocycles. The van der Waals surface area contributed by atoms with E-state index in [4.69, 9.17) is 4.74 Å². The molecule has 0 aliphatic rings. The van der Waals surface area contributed by atoms with Gasteiger partial charge in [0.25, 0.3) is 0 Å². The van der Waals surface area contributed by atoms with Gasteiger partial charge in [0.05, 0.1) is 12.8 Å². The van der Waals surface area contributed by atoms with Gasteiger partial charge in [-0.05, 0) is 36.8 Å². The molecule has 0 amide bonds. The second kappa shape index (κ2) is 5.61. The first-order chi connectivity index (χ1) is 8.76. The van der Waals surface area contributed by atoms with Gasteiger partial charge < -0.3 is 9.14 Å². The molecule has 3 aromatic rings. The third-order valence-electron chi connectivity index (χ3n) is 2.98. The van der Waals surface area contributed by atoms with Crippen LogP contribution in [0.15, 0.2) is 48.8 Å². The third-order valence-corrected chi connectivity index (χ3v) is 2.98. The number of pyridine rings is 1. The molecule has 98 valence electrons. The molecule has 0 spiro atoms. The van der Waals surface area contributed by atoms with E-state index in [9.17, 15) is 0 Å². The number of fused-ring (bicyclic) bond motifs is 1. The third kappa shape index (κ3) is 2.73. The van der Waals surface area contributed by atoms with Gasteiger partial charge in [-0.25, -0.2) is 4.98 Å². The number of imidazole rings is 1. The molecular weight excluding hydrogens is 351 g/mol. The van der Waals surface area contributed by atoms with Crippen LogP contribution in [-0.4, -0.2) is 16.5 Å². The highest BCUT2D eigenvalue weighted by atomic mass is 127. The number of benzene rings is 1. The summed E-state index contributed by atoms with van der Waals surface area (Å²) in [6, 6.07) is 12.1. The molecule has 0 unspecified atom stereocenters. The average Bonchev–Trinajstić information content (AvgIpc) is 2.81. The lowest BCUT2D eigenvalue weighted by atomic mass is 10.1. The van der Waals surface area contributed by atoms with Crippen molar-refractivity contribution in [2.75, 3.05) is 7.11 Å². The van der Waals surface area contributed by atoms with Gasteiger partial charge in [0, 0.05) is 18.0 Å². The molecule has 4 heteroatoms. The van der Waals surface area contributed by atoms with Crippen molar-refractivity contribution in [3.8, 4) is 17.0 Å². The summed E-state index contributed by atoms with van der Waals surface area (Å²) in [5.74, 6) is 0.848. The molecule has 2 aromatic heterocycles. The summed E-state index contributed by atoms with van der Waals surface area (Å²) < 4.78 is 7.26. The predicted molar refractivity (Wildman–Crippen MR) is 87.3 cm³/mol. The SMILES string of the molecule is COc1cccc(-c2cn3ccc(C)cc3n2)c1.I. The fourth-order valence-electron chi connectivity index (χ4n) is 2.01. The lowest BCUT2D eigenvalue weighted by molar-refractivity contribution is 0.415. The van der Waals surface area contributed by atoms with Gasteiger partial charge in [0.2, 0.25) is 0 Å². The summed E-state index contributed by atoms with van der Waals surface area (Å²) >= 11 is 0. The zero-order valence-corrected chi connectivity index (χ0v) is 13.2. The minimum Gasteiger partial charge on any atom is -0.497 e. The van der Waals surface area contributed by atoms with Crippen molar-refractivity contribution in [1.29, 1.82) is 0 Å². The van der Waals surface area contributed by atoms with E-state index < -0.39 is 0 Å². The summed E-state index contributed by atoms with van der Waals surface area (Å²) in [6.07, 6.45) is 4.06. The van der Waals surface area contributed by atoms with E-state index in [1.54, 1.807) is 7.11 Å². The first kappa shape index (κ1) is 13.9. The molecule has 0 bridgehead atoms. The highest BCUT2D eigenvalue weighted by molar-refractivity contribution is 14.0. The number of hydrogen-bond donors (Lipinski definition) is 0. The maximum Gasteiger partial charge on any atom is 0.137 e. The van der Waals surface area contributed by atoms with Gasteiger partial charge in [0.1, 0.15) is 11.4 Å². The Morgan fingerprint density at radius 1 is 1.16 bits per heavy atom. The van der Waals surface area contributed by atoms with Gasteiger partial charge in [-0.1, -0.05) is 12.1 Å². The molecule has 2 heterocycles. The largest absolute Gasteiger partial charge is 0.497 e. The molecule has 0 saturated carbocycles. The Labute approximate surface area is 129 Å². The lowest BCUT2D eigenvalue weighted by Crippen LogP contribution is -1.83. The minimum atomic E-state index is 0. The Hall–Kier alpha value is -1.56. The van der Waals surface area contributed by atoms with Gasteiger partial charge in [-0.2, -0.15) is 0 Å². The van der Waals surface area contributed by atoms with Crippen LogP contribution in [0.25, 0.3) is 16.9 Å². The number of halogens is 1. The van der Waals surface area contributed by atoms with Crippen LogP contribution in [0.5, 0.6) is 5.75 Å². The second-order valence-corrected chi connectivity index (χ2v) is 4.33. The smallest absolute Gasteiger partial charge is 0.137 e. The van der Waals surface area contributed by atoms with Gasteiger partial charge in [-0.3, -0.25) is 0 Å². The molecule has 0 aliphatic carbocycles. The van der Waals surface area contributed by atoms with Crippen LogP contribution in [0.2, 0.25) is 0 Å². The van der Waals surface area contributed by atoms with Crippen LogP contribution >= 0.6 is 24.0 Å². The van der Waals surface area contributed by atoms with Crippen molar-refractivity contribution in [2.45, 2.75) is 6.92 Å². The van der Waals surface area contributed by atoms with Crippen molar-refractivity contribution in [2.24, 2.45) is 0 Å². The zero-order chi connectivity index (χ0) is 12.5. The average molecular weight is 366 g/mol. The standard InChI is InChI=1S/C15H14N2O.HI/c1-11-6-7-17-10-14(16-15(17)8-11)12-4-3-5-13(9-12)18-2;/h3-10H,1-2H3;1H. The highest BCUT2D eigenvalue weighted by Gasteiger charge is 2.05. The van der Waals surface area contributed by atoms with Crippen molar-refractivity contribution >= 4 is 29.6 Å². The number of hydrogen-bond acceptors (Lipinski definition) is 2. The van der Waals surface area contributed by atoms with E-state index in [0.717, 1.165) is 22.7 Å². The Morgan fingerprint density at radius 3 is 2.79 bits per heavy atom. The van der Waals surface area contributed by atoms with Crippen molar-refractivity contribution < 1.29 is 4.74 Å². The van der Waals surface area contributed by atoms with Gasteiger partial charge in [0.15, 0.2) is 0 Å². The monoisotopic (exact) mass is 366 g/mol. The molecule has 0 saturated heterocycles. The number of rotatable bonds is 2. The molecule has 3 nitrogen and oxygen atoms in total. The Kier molecular flexibility index (Phi) is 4.09. The number of aromatic nitrogens is 2. The van der Waals surface area contributed by atoms with Crippen LogP contribution in [0.1, 0.15) is 5.56 Å². The Bertz CT molecular complexity index is 706. The normalized spacial score (nSPS) is 10.2. The number of methoxy groups -OCH3 is 1.